The molecule has 0 radical (unpaired) electrons. The molecule has 1 heterocycles. The quantitative estimate of drug-likeness (QED) is 0.242. The minimum atomic E-state index is -0.569. The van der Waals surface area contributed by atoms with Gasteiger partial charge in [-0.2, -0.15) is 0 Å². The van der Waals surface area contributed by atoms with E-state index < -0.39 is 6.04 Å². The van der Waals surface area contributed by atoms with Crippen LogP contribution in [0.4, 0.5) is 0 Å². The molecule has 3 unspecified atom stereocenters. The number of hydrogen-bond donors (Lipinski definition) is 2. The van der Waals surface area contributed by atoms with Gasteiger partial charge in [0.2, 0.25) is 0 Å². The molecule has 33 heavy (non-hydrogen) atoms. The van der Waals surface area contributed by atoms with Crippen LogP contribution in [-0.2, 0) is 14.3 Å². The molecule has 0 saturated carbocycles. The summed E-state index contributed by atoms with van der Waals surface area (Å²) in [6.45, 7) is 13.9. The summed E-state index contributed by atoms with van der Waals surface area (Å²) < 4.78 is 10.6. The Hall–Kier alpha value is -2.53. The normalized spacial score (nSPS) is 20.1. The number of rotatable bonds is 9. The molecule has 0 spiro atoms. The van der Waals surface area contributed by atoms with Crippen LogP contribution < -0.4 is 11.5 Å². The number of carbonyl (C=O) groups excluding carboxylic acids is 1. The van der Waals surface area contributed by atoms with E-state index in [4.69, 9.17) is 20.9 Å². The second kappa shape index (κ2) is 19.0. The Bertz CT molecular complexity index is 713. The fourth-order valence-electron chi connectivity index (χ4n) is 2.91. The van der Waals surface area contributed by atoms with Crippen LogP contribution in [-0.4, -0.2) is 24.7 Å². The Kier molecular flexibility index (Phi) is 17.5. The van der Waals surface area contributed by atoms with Gasteiger partial charge in [0.15, 0.2) is 0 Å². The highest BCUT2D eigenvalue weighted by atomic mass is 16.6. The molecule has 0 aromatic carbocycles. The molecule has 186 valence electrons. The summed E-state index contributed by atoms with van der Waals surface area (Å²) in [5, 5.41) is 0. The third-order valence-electron chi connectivity index (χ3n) is 4.52. The fourth-order valence-corrected chi connectivity index (χ4v) is 2.91. The summed E-state index contributed by atoms with van der Waals surface area (Å²) in [4.78, 5) is 11.8. The lowest BCUT2D eigenvalue weighted by Crippen LogP contribution is -2.34. The molecule has 0 saturated heterocycles. The first-order chi connectivity index (χ1) is 15.7. The number of esters is 1. The van der Waals surface area contributed by atoms with E-state index in [1.54, 1.807) is 0 Å². The summed E-state index contributed by atoms with van der Waals surface area (Å²) in [5.41, 5.74) is 13.5. The van der Waals surface area contributed by atoms with Crippen molar-refractivity contribution in [3.63, 3.8) is 0 Å². The maximum absolute atomic E-state index is 11.8. The minimum Gasteiger partial charge on any atom is -0.491 e. The second-order valence-electron chi connectivity index (χ2n) is 8.60. The highest BCUT2D eigenvalue weighted by Crippen LogP contribution is 2.19. The van der Waals surface area contributed by atoms with Crippen LogP contribution in [0.2, 0.25) is 0 Å². The largest absolute Gasteiger partial charge is 0.491 e. The molecule has 0 aromatic heterocycles. The van der Waals surface area contributed by atoms with E-state index in [1.165, 1.54) is 12.0 Å². The van der Waals surface area contributed by atoms with Crippen LogP contribution in [0, 0.1) is 5.92 Å². The molecule has 0 fully saturated rings. The van der Waals surface area contributed by atoms with Gasteiger partial charge in [-0.15, -0.1) is 6.58 Å². The number of unbranched alkanes of at least 4 members (excludes halogenated alkanes) is 1. The van der Waals surface area contributed by atoms with E-state index in [-0.39, 0.29) is 18.7 Å². The van der Waals surface area contributed by atoms with Crippen molar-refractivity contribution < 1.29 is 14.3 Å². The summed E-state index contributed by atoms with van der Waals surface area (Å²) in [7, 11) is 0. The maximum Gasteiger partial charge on any atom is 0.323 e. The highest BCUT2D eigenvalue weighted by Gasteiger charge is 2.21. The molecule has 3 atom stereocenters. The van der Waals surface area contributed by atoms with Crippen LogP contribution in [0.5, 0.6) is 0 Å². The van der Waals surface area contributed by atoms with Gasteiger partial charge in [0.05, 0.1) is 6.10 Å². The van der Waals surface area contributed by atoms with Gasteiger partial charge in [-0.1, -0.05) is 62.3 Å². The molecule has 0 bridgehead atoms. The lowest BCUT2D eigenvalue weighted by atomic mass is 9.94. The lowest BCUT2D eigenvalue weighted by Gasteiger charge is -2.17. The van der Waals surface area contributed by atoms with Crippen molar-refractivity contribution in [3.8, 4) is 0 Å². The van der Waals surface area contributed by atoms with Crippen molar-refractivity contribution in [1.82, 2.24) is 0 Å². The van der Waals surface area contributed by atoms with E-state index in [1.807, 2.05) is 51.2 Å². The van der Waals surface area contributed by atoms with Gasteiger partial charge in [-0.3, -0.25) is 4.79 Å². The molecule has 0 amide bonds. The van der Waals surface area contributed by atoms with Gasteiger partial charge in [0.1, 0.15) is 18.4 Å². The number of hydrogen-bond acceptors (Lipinski definition) is 5. The molecular formula is C28H46N2O3. The van der Waals surface area contributed by atoms with E-state index in [0.717, 1.165) is 37.1 Å². The van der Waals surface area contributed by atoms with Gasteiger partial charge < -0.3 is 20.9 Å². The Morgan fingerprint density at radius 3 is 2.52 bits per heavy atom. The average Bonchev–Trinajstić information content (AvgIpc) is 3.18. The first-order valence-corrected chi connectivity index (χ1v) is 12.0. The Morgan fingerprint density at radius 2 is 2.00 bits per heavy atom. The van der Waals surface area contributed by atoms with E-state index >= 15 is 0 Å². The smallest absolute Gasteiger partial charge is 0.323 e. The number of ether oxygens (including phenoxy) is 2. The topological polar surface area (TPSA) is 87.6 Å². The predicted molar refractivity (Wildman–Crippen MR) is 140 cm³/mol. The van der Waals surface area contributed by atoms with E-state index in [2.05, 4.69) is 38.7 Å². The van der Waals surface area contributed by atoms with Crippen molar-refractivity contribution in [2.45, 2.75) is 85.3 Å². The molecule has 5 nitrogen and oxygen atoms in total. The maximum atomic E-state index is 11.8. The third kappa shape index (κ3) is 17.7. The van der Waals surface area contributed by atoms with Gasteiger partial charge in [-0.25, -0.2) is 0 Å². The molecule has 1 aliphatic carbocycles. The molecular weight excluding hydrogens is 412 g/mol. The zero-order chi connectivity index (χ0) is 25.1. The SMILES string of the molecule is C=C(C)C.CC/C=C(N)\C=C/CCC.CC1CC=C(COC(=O)C(N)CC2C=CC=CC2)O1. The molecule has 5 heteroatoms. The highest BCUT2D eigenvalue weighted by molar-refractivity contribution is 5.75. The Labute approximate surface area is 202 Å². The lowest BCUT2D eigenvalue weighted by molar-refractivity contribution is -0.145. The van der Waals surface area contributed by atoms with Crippen LogP contribution in [0.25, 0.3) is 0 Å². The Morgan fingerprint density at radius 1 is 1.30 bits per heavy atom. The third-order valence-corrected chi connectivity index (χ3v) is 4.52. The second-order valence-corrected chi connectivity index (χ2v) is 8.60. The standard InChI is InChI=1S/C15H21NO3.C9H17N.C4H8/c1-11-7-8-13(19-11)10-18-15(17)14(16)9-12-5-3-2-4-6-12;1-3-5-6-8-9(10)7-4-2;1-4(2)3/h2-5,8,11-12,14H,6-7,9-10,16H2,1H3;6-8H,3-5,10H2,1-2H3;1H2,2-3H3/b;8-6-,9-7+;. The molecule has 0 aromatic rings. The van der Waals surface area contributed by atoms with Crippen LogP contribution in [0.3, 0.4) is 0 Å². The fraction of sp³-hybridized carbons (Fsp3) is 0.536. The first-order valence-electron chi connectivity index (χ1n) is 12.0. The summed E-state index contributed by atoms with van der Waals surface area (Å²) in [6.07, 6.45) is 22.2. The predicted octanol–water partition coefficient (Wildman–Crippen LogP) is 6.25. The summed E-state index contributed by atoms with van der Waals surface area (Å²) in [5.74, 6) is 0.704. The van der Waals surface area contributed by atoms with Crippen LogP contribution in [0.1, 0.15) is 73.1 Å². The number of carbonyl (C=O) groups is 1. The van der Waals surface area contributed by atoms with Crippen molar-refractivity contribution in [3.05, 3.63) is 72.2 Å². The van der Waals surface area contributed by atoms with Gasteiger partial charge >= 0.3 is 5.97 Å². The average molecular weight is 459 g/mol. The van der Waals surface area contributed by atoms with Crippen molar-refractivity contribution in [2.24, 2.45) is 17.4 Å². The van der Waals surface area contributed by atoms with Crippen molar-refractivity contribution in [2.75, 3.05) is 6.61 Å². The molecule has 2 aliphatic rings. The summed E-state index contributed by atoms with van der Waals surface area (Å²) in [6, 6.07) is -0.569. The van der Waals surface area contributed by atoms with Crippen molar-refractivity contribution >= 4 is 5.97 Å². The van der Waals surface area contributed by atoms with E-state index in [9.17, 15) is 4.79 Å². The summed E-state index contributed by atoms with van der Waals surface area (Å²) >= 11 is 0. The van der Waals surface area contributed by atoms with Crippen LogP contribution in [0.15, 0.2) is 72.2 Å². The number of allylic oxidation sites excluding steroid dienone is 8. The molecule has 1 aliphatic heterocycles. The van der Waals surface area contributed by atoms with Gasteiger partial charge in [0.25, 0.3) is 0 Å². The zero-order valence-electron chi connectivity index (χ0n) is 21.4. The van der Waals surface area contributed by atoms with Gasteiger partial charge in [-0.05, 0) is 64.5 Å². The zero-order valence-corrected chi connectivity index (χ0v) is 21.4. The molecule has 2 rings (SSSR count). The van der Waals surface area contributed by atoms with Gasteiger partial charge in [0, 0.05) is 12.1 Å². The molecule has 4 N–H and O–H groups in total. The minimum absolute atomic E-state index is 0.182. The van der Waals surface area contributed by atoms with E-state index in [0.29, 0.717) is 12.3 Å². The number of nitrogens with two attached hydrogens (primary N) is 2. The first kappa shape index (κ1) is 30.5. The monoisotopic (exact) mass is 458 g/mol. The van der Waals surface area contributed by atoms with Crippen molar-refractivity contribution in [1.29, 1.82) is 0 Å². The van der Waals surface area contributed by atoms with Crippen LogP contribution >= 0.6 is 0 Å². The Balaban J connectivity index is 0.000000615.